The number of carboxylic acid groups (broad SMARTS) is 1. The Morgan fingerprint density at radius 2 is 2.05 bits per heavy atom. The summed E-state index contributed by atoms with van der Waals surface area (Å²) < 4.78 is 5.20. The van der Waals surface area contributed by atoms with Gasteiger partial charge in [-0.05, 0) is 31.9 Å². The number of carbonyl (C=O) groups excluding carboxylic acids is 1. The number of hydrogen-bond acceptors (Lipinski definition) is 3. The molecule has 2 rings (SSSR count). The van der Waals surface area contributed by atoms with Gasteiger partial charge in [0, 0.05) is 0 Å². The molecular formula is C16H21NO4. The van der Waals surface area contributed by atoms with Crippen LogP contribution in [0.4, 0.5) is 5.69 Å². The Hall–Kier alpha value is -2.04. The molecule has 114 valence electrons. The third-order valence-corrected chi connectivity index (χ3v) is 4.38. The molecule has 1 aromatic carbocycles. The molecule has 0 saturated heterocycles. The zero-order valence-corrected chi connectivity index (χ0v) is 12.4. The van der Waals surface area contributed by atoms with E-state index in [9.17, 15) is 14.7 Å². The first-order valence-corrected chi connectivity index (χ1v) is 7.16. The maximum atomic E-state index is 12.5. The van der Waals surface area contributed by atoms with Crippen molar-refractivity contribution in [3.63, 3.8) is 0 Å². The predicted molar refractivity (Wildman–Crippen MR) is 79.3 cm³/mol. The number of para-hydroxylation sites is 2. The fraction of sp³-hybridized carbons (Fsp3) is 0.500. The van der Waals surface area contributed by atoms with Crippen molar-refractivity contribution in [3.8, 4) is 5.75 Å². The Balaban J connectivity index is 2.20. The van der Waals surface area contributed by atoms with Crippen LogP contribution in [0.15, 0.2) is 24.3 Å². The second kappa shape index (κ2) is 6.16. The first-order valence-electron chi connectivity index (χ1n) is 7.16. The number of methoxy groups -OCH3 is 1. The number of benzene rings is 1. The summed E-state index contributed by atoms with van der Waals surface area (Å²) in [6.07, 6.45) is 2.87. The van der Waals surface area contributed by atoms with Gasteiger partial charge in [0.1, 0.15) is 5.75 Å². The van der Waals surface area contributed by atoms with Gasteiger partial charge in [-0.15, -0.1) is 0 Å². The quantitative estimate of drug-likeness (QED) is 0.894. The Bertz CT molecular complexity index is 543. The lowest BCUT2D eigenvalue weighted by atomic mass is 9.67. The molecule has 1 aliphatic rings. The molecule has 21 heavy (non-hydrogen) atoms. The van der Waals surface area contributed by atoms with Crippen molar-refractivity contribution in [2.24, 2.45) is 11.3 Å². The number of carbonyl (C=O) groups is 2. The Labute approximate surface area is 124 Å². The van der Waals surface area contributed by atoms with Crippen molar-refractivity contribution in [1.29, 1.82) is 0 Å². The smallest absolute Gasteiger partial charge is 0.310 e. The van der Waals surface area contributed by atoms with E-state index in [1.165, 1.54) is 7.11 Å². The van der Waals surface area contributed by atoms with Crippen LogP contribution in [0.5, 0.6) is 5.75 Å². The first kappa shape index (κ1) is 15.4. The molecule has 0 aromatic heterocycles. The van der Waals surface area contributed by atoms with E-state index in [2.05, 4.69) is 5.32 Å². The van der Waals surface area contributed by atoms with Crippen LogP contribution < -0.4 is 10.1 Å². The summed E-state index contributed by atoms with van der Waals surface area (Å²) in [5.74, 6) is -1.10. The minimum atomic E-state index is -0.996. The predicted octanol–water partition coefficient (Wildman–Crippen LogP) is 2.91. The molecule has 1 amide bonds. The van der Waals surface area contributed by atoms with Gasteiger partial charge >= 0.3 is 5.97 Å². The molecule has 1 aromatic rings. The van der Waals surface area contributed by atoms with Gasteiger partial charge in [0.25, 0.3) is 0 Å². The fourth-order valence-electron chi connectivity index (χ4n) is 2.98. The summed E-state index contributed by atoms with van der Waals surface area (Å²) in [7, 11) is 1.53. The van der Waals surface area contributed by atoms with Crippen molar-refractivity contribution < 1.29 is 19.4 Å². The summed E-state index contributed by atoms with van der Waals surface area (Å²) in [4.78, 5) is 24.1. The third kappa shape index (κ3) is 3.01. The van der Waals surface area contributed by atoms with E-state index in [4.69, 9.17) is 4.74 Å². The van der Waals surface area contributed by atoms with Gasteiger partial charge in [0.2, 0.25) is 5.91 Å². The van der Waals surface area contributed by atoms with Gasteiger partial charge in [0.05, 0.1) is 24.1 Å². The molecule has 1 aliphatic carbocycles. The van der Waals surface area contributed by atoms with E-state index < -0.39 is 17.3 Å². The molecular weight excluding hydrogens is 270 g/mol. The van der Waals surface area contributed by atoms with E-state index in [0.29, 0.717) is 24.3 Å². The fourth-order valence-corrected chi connectivity index (χ4v) is 2.98. The minimum absolute atomic E-state index is 0.246. The molecule has 0 radical (unpaired) electrons. The number of hydrogen-bond donors (Lipinski definition) is 2. The van der Waals surface area contributed by atoms with Crippen LogP contribution in [0, 0.1) is 11.3 Å². The van der Waals surface area contributed by atoms with E-state index in [1.807, 2.05) is 6.07 Å². The van der Waals surface area contributed by atoms with Crippen molar-refractivity contribution in [2.45, 2.75) is 32.6 Å². The highest BCUT2D eigenvalue weighted by atomic mass is 16.5. The number of ether oxygens (including phenoxy) is 1. The molecule has 1 saturated carbocycles. The number of anilines is 1. The molecule has 0 aliphatic heterocycles. The van der Waals surface area contributed by atoms with Crippen LogP contribution in [-0.2, 0) is 9.59 Å². The maximum Gasteiger partial charge on any atom is 0.310 e. The van der Waals surface area contributed by atoms with Crippen molar-refractivity contribution >= 4 is 17.6 Å². The molecule has 5 heteroatoms. The highest BCUT2D eigenvalue weighted by molar-refractivity contribution is 5.97. The van der Waals surface area contributed by atoms with E-state index >= 15 is 0 Å². The molecule has 2 N–H and O–H groups in total. The van der Waals surface area contributed by atoms with Crippen LogP contribution in [-0.4, -0.2) is 24.1 Å². The largest absolute Gasteiger partial charge is 0.495 e. The van der Waals surface area contributed by atoms with Crippen LogP contribution in [0.2, 0.25) is 0 Å². The van der Waals surface area contributed by atoms with Crippen molar-refractivity contribution in [3.05, 3.63) is 24.3 Å². The third-order valence-electron chi connectivity index (χ3n) is 4.38. The molecule has 0 bridgehead atoms. The maximum absolute atomic E-state index is 12.5. The zero-order chi connectivity index (χ0) is 15.5. The normalized spacial score (nSPS) is 25.1. The summed E-state index contributed by atoms with van der Waals surface area (Å²) in [5, 5.41) is 12.3. The number of nitrogens with one attached hydrogen (secondary N) is 1. The molecule has 1 fully saturated rings. The molecule has 2 unspecified atom stereocenters. The Morgan fingerprint density at radius 3 is 2.71 bits per heavy atom. The summed E-state index contributed by atoms with van der Waals surface area (Å²) in [5.41, 5.74) is -0.423. The van der Waals surface area contributed by atoms with E-state index in [0.717, 1.165) is 12.8 Å². The van der Waals surface area contributed by atoms with Gasteiger partial charge in [0.15, 0.2) is 0 Å². The summed E-state index contributed by atoms with van der Waals surface area (Å²) in [6, 6.07) is 7.12. The average molecular weight is 291 g/mol. The second-order valence-electron chi connectivity index (χ2n) is 5.71. The molecule has 0 heterocycles. The topological polar surface area (TPSA) is 75.6 Å². The van der Waals surface area contributed by atoms with Crippen molar-refractivity contribution in [2.75, 3.05) is 12.4 Å². The average Bonchev–Trinajstić information content (AvgIpc) is 2.48. The van der Waals surface area contributed by atoms with Crippen molar-refractivity contribution in [1.82, 2.24) is 0 Å². The number of carboxylic acids is 1. The standard InChI is InChI=1S/C16H21NO4/c1-16(15(19)20)10-6-5-7-11(16)14(18)17-12-8-3-4-9-13(12)21-2/h3-4,8-9,11H,5-7,10H2,1-2H3,(H,17,18)(H,19,20). The molecule has 0 spiro atoms. The molecule has 2 atom stereocenters. The Kier molecular flexibility index (Phi) is 4.50. The lowest BCUT2D eigenvalue weighted by Crippen LogP contribution is -2.44. The first-order chi connectivity index (χ1) is 9.99. The van der Waals surface area contributed by atoms with Gasteiger partial charge in [-0.25, -0.2) is 0 Å². The summed E-state index contributed by atoms with van der Waals surface area (Å²) in [6.45, 7) is 1.67. The zero-order valence-electron chi connectivity index (χ0n) is 12.4. The van der Waals surface area contributed by atoms with Gasteiger partial charge in [-0.1, -0.05) is 25.0 Å². The monoisotopic (exact) mass is 291 g/mol. The van der Waals surface area contributed by atoms with Crippen LogP contribution in [0.1, 0.15) is 32.6 Å². The van der Waals surface area contributed by atoms with Gasteiger partial charge in [-0.2, -0.15) is 0 Å². The lowest BCUT2D eigenvalue weighted by Gasteiger charge is -2.36. The van der Waals surface area contributed by atoms with Gasteiger partial charge in [-0.3, -0.25) is 9.59 Å². The Morgan fingerprint density at radius 1 is 1.33 bits per heavy atom. The number of rotatable bonds is 4. The SMILES string of the molecule is COc1ccccc1NC(=O)C1CCCCC1(C)C(=O)O. The van der Waals surface area contributed by atoms with Crippen LogP contribution in [0.3, 0.4) is 0 Å². The van der Waals surface area contributed by atoms with Crippen LogP contribution >= 0.6 is 0 Å². The second-order valence-corrected chi connectivity index (χ2v) is 5.71. The molecule has 5 nitrogen and oxygen atoms in total. The summed E-state index contributed by atoms with van der Waals surface area (Å²) >= 11 is 0. The minimum Gasteiger partial charge on any atom is -0.495 e. The van der Waals surface area contributed by atoms with Crippen LogP contribution in [0.25, 0.3) is 0 Å². The highest BCUT2D eigenvalue weighted by Gasteiger charge is 2.46. The number of amides is 1. The lowest BCUT2D eigenvalue weighted by molar-refractivity contribution is -0.156. The number of aliphatic carboxylic acids is 1. The van der Waals surface area contributed by atoms with Gasteiger partial charge < -0.3 is 15.2 Å². The highest BCUT2D eigenvalue weighted by Crippen LogP contribution is 2.42. The van der Waals surface area contributed by atoms with E-state index in [1.54, 1.807) is 25.1 Å². The van der Waals surface area contributed by atoms with E-state index in [-0.39, 0.29) is 5.91 Å².